The first-order chi connectivity index (χ1) is 15.5. The van der Waals surface area contributed by atoms with Crippen molar-refractivity contribution in [1.82, 2.24) is 0 Å². The van der Waals surface area contributed by atoms with E-state index in [1.807, 2.05) is 6.21 Å². The molecule has 3 aromatic carbocycles. The molecule has 3 aromatic rings. The fourth-order valence-electron chi connectivity index (χ4n) is 5.25. The van der Waals surface area contributed by atoms with E-state index in [-0.39, 0.29) is 5.41 Å². The molecule has 0 radical (unpaired) electrons. The largest absolute Gasteiger partial charge is 0.459 e. The predicted molar refractivity (Wildman–Crippen MR) is 133 cm³/mol. The summed E-state index contributed by atoms with van der Waals surface area (Å²) in [6.45, 7) is 11.0. The predicted octanol–water partition coefficient (Wildman–Crippen LogP) is 6.42. The summed E-state index contributed by atoms with van der Waals surface area (Å²) in [6, 6.07) is 19.3. The molecule has 2 aliphatic heterocycles. The quantitative estimate of drug-likeness (QED) is 0.425. The Labute approximate surface area is 190 Å². The van der Waals surface area contributed by atoms with Crippen molar-refractivity contribution in [3.63, 3.8) is 0 Å². The maximum atomic E-state index is 7.10. The number of anilines is 1. The van der Waals surface area contributed by atoms with Gasteiger partial charge in [-0.25, -0.2) is 0 Å². The molecule has 0 bridgehead atoms. The van der Waals surface area contributed by atoms with Gasteiger partial charge in [-0.15, -0.1) is 0 Å². The first-order valence-electron chi connectivity index (χ1n) is 11.8. The van der Waals surface area contributed by atoms with Crippen LogP contribution in [0, 0.1) is 0 Å². The number of ether oxygens (including phenoxy) is 2. The van der Waals surface area contributed by atoms with E-state index in [1.165, 1.54) is 22.2 Å². The summed E-state index contributed by atoms with van der Waals surface area (Å²) in [7, 11) is 0. The molecule has 0 aliphatic carbocycles. The van der Waals surface area contributed by atoms with E-state index in [0.717, 1.165) is 42.8 Å². The van der Waals surface area contributed by atoms with Crippen LogP contribution in [-0.2, 0) is 16.6 Å². The Bertz CT molecular complexity index is 1180. The van der Waals surface area contributed by atoms with Gasteiger partial charge in [-0.05, 0) is 55.3 Å². The Balaban J connectivity index is 1.65. The molecule has 4 heteroatoms. The van der Waals surface area contributed by atoms with E-state index in [1.54, 1.807) is 0 Å². The number of fused-ring (bicyclic) bond motifs is 4. The van der Waals surface area contributed by atoms with Crippen LogP contribution in [0.4, 0.5) is 11.4 Å². The van der Waals surface area contributed by atoms with Crippen LogP contribution in [0.3, 0.4) is 0 Å². The van der Waals surface area contributed by atoms with E-state index in [4.69, 9.17) is 14.5 Å². The zero-order valence-electron chi connectivity index (χ0n) is 19.5. The number of rotatable bonds is 6. The van der Waals surface area contributed by atoms with E-state index in [0.29, 0.717) is 6.61 Å². The monoisotopic (exact) mass is 428 g/mol. The van der Waals surface area contributed by atoms with Crippen molar-refractivity contribution in [1.29, 1.82) is 0 Å². The Hall–Kier alpha value is -2.85. The van der Waals surface area contributed by atoms with Gasteiger partial charge in [-0.2, -0.15) is 0 Å². The minimum atomic E-state index is -0.703. The van der Waals surface area contributed by atoms with E-state index < -0.39 is 5.72 Å². The van der Waals surface area contributed by atoms with E-state index >= 15 is 0 Å². The lowest BCUT2D eigenvalue weighted by Gasteiger charge is -2.46. The summed E-state index contributed by atoms with van der Waals surface area (Å²) in [5, 5.41) is 2.34. The maximum Gasteiger partial charge on any atom is 0.229 e. The molecule has 32 heavy (non-hydrogen) atoms. The van der Waals surface area contributed by atoms with Gasteiger partial charge in [0, 0.05) is 24.2 Å². The summed E-state index contributed by atoms with van der Waals surface area (Å²) in [4.78, 5) is 7.47. The van der Waals surface area contributed by atoms with Crippen LogP contribution in [0.25, 0.3) is 10.8 Å². The highest BCUT2D eigenvalue weighted by Gasteiger charge is 2.59. The van der Waals surface area contributed by atoms with Gasteiger partial charge in [0.15, 0.2) is 5.75 Å². The molecule has 0 amide bonds. The fraction of sp³-hybridized carbons (Fsp3) is 0.393. The number of nitrogens with zero attached hydrogens (tertiary/aromatic N) is 2. The van der Waals surface area contributed by atoms with Gasteiger partial charge in [-0.1, -0.05) is 56.3 Å². The zero-order valence-corrected chi connectivity index (χ0v) is 19.5. The summed E-state index contributed by atoms with van der Waals surface area (Å²) >= 11 is 0. The van der Waals surface area contributed by atoms with Crippen LogP contribution >= 0.6 is 0 Å². The molecule has 5 rings (SSSR count). The average molecular weight is 429 g/mol. The second-order valence-corrected chi connectivity index (χ2v) is 9.25. The number of hydrogen-bond donors (Lipinski definition) is 0. The summed E-state index contributed by atoms with van der Waals surface area (Å²) in [5.41, 5.74) is 3.64. The maximum absolute atomic E-state index is 7.10. The number of benzene rings is 3. The third kappa shape index (κ3) is 2.96. The van der Waals surface area contributed by atoms with Crippen molar-refractivity contribution in [2.75, 3.05) is 24.7 Å². The third-order valence-electron chi connectivity index (χ3n) is 7.03. The molecule has 2 heterocycles. The molecule has 2 aliphatic rings. The molecule has 0 saturated heterocycles. The Morgan fingerprint density at radius 2 is 1.78 bits per heavy atom. The van der Waals surface area contributed by atoms with E-state index in [2.05, 4.69) is 87.2 Å². The minimum absolute atomic E-state index is 0.286. The van der Waals surface area contributed by atoms with Crippen LogP contribution in [0.1, 0.15) is 45.2 Å². The number of aliphatic imine (C=N–C) groups is 1. The zero-order chi connectivity index (χ0) is 22.3. The lowest BCUT2D eigenvalue weighted by atomic mass is 9.77. The molecular weight excluding hydrogens is 396 g/mol. The Kier molecular flexibility index (Phi) is 5.21. The van der Waals surface area contributed by atoms with Crippen LogP contribution in [0.15, 0.2) is 59.6 Å². The lowest BCUT2D eigenvalue weighted by molar-refractivity contribution is 0.0658. The molecular formula is C28H32N2O2. The van der Waals surface area contributed by atoms with Gasteiger partial charge in [0.2, 0.25) is 5.72 Å². The molecule has 0 saturated carbocycles. The molecule has 4 nitrogen and oxygen atoms in total. The second-order valence-electron chi connectivity index (χ2n) is 9.25. The fourth-order valence-corrected chi connectivity index (χ4v) is 5.25. The molecule has 166 valence electrons. The van der Waals surface area contributed by atoms with Gasteiger partial charge >= 0.3 is 0 Å². The second kappa shape index (κ2) is 7.93. The highest BCUT2D eigenvalue weighted by Crippen LogP contribution is 2.55. The highest BCUT2D eigenvalue weighted by atomic mass is 16.5. The normalized spacial score (nSPS) is 20.4. The van der Waals surface area contributed by atoms with Gasteiger partial charge in [-0.3, -0.25) is 4.99 Å². The van der Waals surface area contributed by atoms with Crippen molar-refractivity contribution in [2.24, 2.45) is 4.99 Å². The molecule has 0 fully saturated rings. The molecule has 0 N–H and O–H groups in total. The SMILES string of the molecule is CCCOCCN1c2ccccc2C(C)(C)C12C=Nc1c(c(CC)cc3ccccc13)O2. The number of para-hydroxylation sites is 1. The third-order valence-corrected chi connectivity index (χ3v) is 7.03. The van der Waals surface area contributed by atoms with Gasteiger partial charge in [0.05, 0.1) is 18.2 Å². The summed E-state index contributed by atoms with van der Waals surface area (Å²) < 4.78 is 13.0. The highest BCUT2D eigenvalue weighted by molar-refractivity contribution is 6.00. The smallest absolute Gasteiger partial charge is 0.229 e. The van der Waals surface area contributed by atoms with Crippen LogP contribution in [-0.4, -0.2) is 31.7 Å². The number of hydrogen-bond acceptors (Lipinski definition) is 4. The number of aryl methyl sites for hydroxylation is 1. The van der Waals surface area contributed by atoms with Crippen molar-refractivity contribution in [3.8, 4) is 5.75 Å². The Morgan fingerprint density at radius 1 is 1.00 bits per heavy atom. The van der Waals surface area contributed by atoms with Gasteiger partial charge < -0.3 is 14.4 Å². The molecule has 1 atom stereocenters. The molecule has 0 aromatic heterocycles. The van der Waals surface area contributed by atoms with Crippen molar-refractivity contribution in [3.05, 3.63) is 65.7 Å². The topological polar surface area (TPSA) is 34.1 Å². The van der Waals surface area contributed by atoms with E-state index in [9.17, 15) is 0 Å². The Morgan fingerprint density at radius 3 is 2.59 bits per heavy atom. The average Bonchev–Trinajstić information content (AvgIpc) is 2.99. The van der Waals surface area contributed by atoms with Crippen molar-refractivity contribution < 1.29 is 9.47 Å². The first kappa shape index (κ1) is 21.0. The van der Waals surface area contributed by atoms with Crippen LogP contribution in [0.2, 0.25) is 0 Å². The summed E-state index contributed by atoms with van der Waals surface area (Å²) in [6.07, 6.45) is 3.96. The minimum Gasteiger partial charge on any atom is -0.459 e. The molecule has 1 unspecified atom stereocenters. The van der Waals surface area contributed by atoms with Crippen LogP contribution < -0.4 is 9.64 Å². The standard InChI is InChI=1S/C28H32N2O2/c1-5-16-31-17-15-30-24-14-10-9-13-23(24)27(3,4)28(30)19-29-25-22-12-8-7-11-21(22)18-20(6-2)26(25)32-28/h7-14,18-19H,5-6,15-17H2,1-4H3. The van der Waals surface area contributed by atoms with Gasteiger partial charge in [0.1, 0.15) is 5.69 Å². The van der Waals surface area contributed by atoms with Gasteiger partial charge in [0.25, 0.3) is 0 Å². The summed E-state index contributed by atoms with van der Waals surface area (Å²) in [5.74, 6) is 0.911. The lowest BCUT2D eigenvalue weighted by Crippen LogP contribution is -2.63. The van der Waals surface area contributed by atoms with Crippen molar-refractivity contribution in [2.45, 2.75) is 51.7 Å². The molecule has 1 spiro atoms. The van der Waals surface area contributed by atoms with Crippen molar-refractivity contribution >= 4 is 28.4 Å². The van der Waals surface area contributed by atoms with Crippen LogP contribution in [0.5, 0.6) is 5.75 Å². The first-order valence-corrected chi connectivity index (χ1v) is 11.8.